The lowest BCUT2D eigenvalue weighted by molar-refractivity contribution is 0.627. The Morgan fingerprint density at radius 1 is 1.46 bits per heavy atom. The van der Waals surface area contributed by atoms with E-state index < -0.39 is 0 Å². The van der Waals surface area contributed by atoms with E-state index in [2.05, 4.69) is 27.8 Å². The molecule has 0 aromatic heterocycles. The molecule has 0 aliphatic carbocycles. The van der Waals surface area contributed by atoms with Crippen LogP contribution in [0.2, 0.25) is 5.02 Å². The monoisotopic (exact) mass is 260 g/mol. The third-order valence-corrected chi connectivity index (χ3v) is 2.10. The standard InChI is InChI=1S/C10H7BrClF/c11-6-2-1-3-8-7-9(13)4-5-10(8)12/h4-5,7H,2,6H2. The van der Waals surface area contributed by atoms with Gasteiger partial charge in [-0.15, -0.1) is 0 Å². The minimum atomic E-state index is -0.312. The van der Waals surface area contributed by atoms with Gasteiger partial charge in [-0.1, -0.05) is 39.4 Å². The second-order valence-corrected chi connectivity index (χ2v) is 3.57. The highest BCUT2D eigenvalue weighted by Gasteiger charge is 1.97. The Morgan fingerprint density at radius 3 is 2.92 bits per heavy atom. The van der Waals surface area contributed by atoms with Crippen molar-refractivity contribution < 1.29 is 4.39 Å². The van der Waals surface area contributed by atoms with Gasteiger partial charge < -0.3 is 0 Å². The predicted molar refractivity (Wildman–Crippen MR) is 56.7 cm³/mol. The SMILES string of the molecule is Fc1ccc(Cl)c(C#CCCBr)c1. The molecule has 0 saturated heterocycles. The molecule has 1 aromatic carbocycles. The van der Waals surface area contributed by atoms with E-state index in [0.717, 1.165) is 11.8 Å². The van der Waals surface area contributed by atoms with Crippen LogP contribution in [0.25, 0.3) is 0 Å². The molecule has 0 aliphatic rings. The van der Waals surface area contributed by atoms with Crippen molar-refractivity contribution in [2.75, 3.05) is 5.33 Å². The third kappa shape index (κ3) is 3.38. The van der Waals surface area contributed by atoms with E-state index in [-0.39, 0.29) is 5.82 Å². The zero-order valence-electron chi connectivity index (χ0n) is 6.78. The molecular formula is C10H7BrClF. The number of rotatable bonds is 1. The van der Waals surface area contributed by atoms with Crippen LogP contribution in [0.3, 0.4) is 0 Å². The van der Waals surface area contributed by atoms with Crippen molar-refractivity contribution in [3.63, 3.8) is 0 Å². The summed E-state index contributed by atoms with van der Waals surface area (Å²) in [5, 5.41) is 1.30. The summed E-state index contributed by atoms with van der Waals surface area (Å²) >= 11 is 9.04. The van der Waals surface area contributed by atoms with Gasteiger partial charge in [0.1, 0.15) is 5.82 Å². The molecule has 0 saturated carbocycles. The second-order valence-electron chi connectivity index (χ2n) is 2.36. The zero-order chi connectivity index (χ0) is 9.68. The van der Waals surface area contributed by atoms with Gasteiger partial charge in [-0.3, -0.25) is 0 Å². The average molecular weight is 262 g/mol. The van der Waals surface area contributed by atoms with E-state index in [1.165, 1.54) is 18.2 Å². The van der Waals surface area contributed by atoms with Crippen molar-refractivity contribution in [2.24, 2.45) is 0 Å². The number of benzene rings is 1. The molecule has 0 aliphatic heterocycles. The van der Waals surface area contributed by atoms with Crippen molar-refractivity contribution in [3.05, 3.63) is 34.6 Å². The van der Waals surface area contributed by atoms with E-state index in [1.54, 1.807) is 0 Å². The lowest BCUT2D eigenvalue weighted by Gasteiger charge is -1.94. The Bertz CT molecular complexity index is 352. The summed E-state index contributed by atoms with van der Waals surface area (Å²) in [5.41, 5.74) is 0.544. The van der Waals surface area contributed by atoms with Gasteiger partial charge in [0, 0.05) is 17.3 Å². The second kappa shape index (κ2) is 5.26. The molecule has 13 heavy (non-hydrogen) atoms. The highest BCUT2D eigenvalue weighted by molar-refractivity contribution is 9.09. The van der Waals surface area contributed by atoms with Crippen LogP contribution < -0.4 is 0 Å². The maximum atomic E-state index is 12.7. The first-order chi connectivity index (χ1) is 6.24. The number of hydrogen-bond donors (Lipinski definition) is 0. The van der Waals surface area contributed by atoms with Crippen molar-refractivity contribution in [1.82, 2.24) is 0 Å². The summed E-state index contributed by atoms with van der Waals surface area (Å²) < 4.78 is 12.7. The quantitative estimate of drug-likeness (QED) is 0.535. The van der Waals surface area contributed by atoms with Gasteiger partial charge in [0.25, 0.3) is 0 Å². The van der Waals surface area contributed by atoms with Gasteiger partial charge in [0.15, 0.2) is 0 Å². The van der Waals surface area contributed by atoms with E-state index in [9.17, 15) is 4.39 Å². The highest BCUT2D eigenvalue weighted by atomic mass is 79.9. The molecule has 0 nitrogen and oxygen atoms in total. The van der Waals surface area contributed by atoms with E-state index in [0.29, 0.717) is 10.6 Å². The summed E-state index contributed by atoms with van der Waals surface area (Å²) in [6.07, 6.45) is 0.729. The Labute approximate surface area is 90.2 Å². The lowest BCUT2D eigenvalue weighted by Crippen LogP contribution is -1.80. The molecule has 68 valence electrons. The van der Waals surface area contributed by atoms with Gasteiger partial charge in [0.2, 0.25) is 0 Å². The maximum Gasteiger partial charge on any atom is 0.124 e. The minimum Gasteiger partial charge on any atom is -0.207 e. The third-order valence-electron chi connectivity index (χ3n) is 1.37. The molecule has 0 atom stereocenters. The van der Waals surface area contributed by atoms with Gasteiger partial charge in [-0.2, -0.15) is 0 Å². The van der Waals surface area contributed by atoms with Crippen LogP contribution in [0.5, 0.6) is 0 Å². The van der Waals surface area contributed by atoms with E-state index in [4.69, 9.17) is 11.6 Å². The fourth-order valence-electron chi connectivity index (χ4n) is 0.798. The number of halogens is 3. The van der Waals surface area contributed by atoms with E-state index >= 15 is 0 Å². The summed E-state index contributed by atoms with van der Waals surface area (Å²) in [6, 6.07) is 4.16. The van der Waals surface area contributed by atoms with Crippen LogP contribution >= 0.6 is 27.5 Å². The van der Waals surface area contributed by atoms with E-state index in [1.807, 2.05) is 0 Å². The smallest absolute Gasteiger partial charge is 0.124 e. The summed E-state index contributed by atoms with van der Waals surface area (Å²) in [7, 11) is 0. The van der Waals surface area contributed by atoms with Crippen molar-refractivity contribution >= 4 is 27.5 Å². The minimum absolute atomic E-state index is 0.312. The first-order valence-corrected chi connectivity index (χ1v) is 5.24. The Kier molecular flexibility index (Phi) is 4.27. The molecule has 0 spiro atoms. The number of alkyl halides is 1. The maximum absolute atomic E-state index is 12.7. The van der Waals surface area contributed by atoms with Crippen LogP contribution in [0.1, 0.15) is 12.0 Å². The fourth-order valence-corrected chi connectivity index (χ4v) is 1.16. The van der Waals surface area contributed by atoms with Crippen LogP contribution in [0.4, 0.5) is 4.39 Å². The van der Waals surface area contributed by atoms with Crippen molar-refractivity contribution in [3.8, 4) is 11.8 Å². The summed E-state index contributed by atoms with van der Waals surface area (Å²) in [4.78, 5) is 0. The van der Waals surface area contributed by atoms with Gasteiger partial charge in [-0.05, 0) is 18.2 Å². The topological polar surface area (TPSA) is 0 Å². The molecule has 0 radical (unpaired) electrons. The summed E-state index contributed by atoms with van der Waals surface area (Å²) in [6.45, 7) is 0. The van der Waals surface area contributed by atoms with Gasteiger partial charge in [0.05, 0.1) is 5.02 Å². The molecule has 3 heteroatoms. The van der Waals surface area contributed by atoms with Crippen molar-refractivity contribution in [1.29, 1.82) is 0 Å². The first-order valence-electron chi connectivity index (χ1n) is 3.74. The molecule has 0 N–H and O–H groups in total. The normalized spacial score (nSPS) is 9.15. The molecule has 0 amide bonds. The number of hydrogen-bond acceptors (Lipinski definition) is 0. The molecule has 0 unspecified atom stereocenters. The molecular weight excluding hydrogens is 254 g/mol. The van der Waals surface area contributed by atoms with Crippen LogP contribution in [0, 0.1) is 17.7 Å². The average Bonchev–Trinajstić information content (AvgIpc) is 2.11. The molecule has 0 heterocycles. The molecule has 0 fully saturated rings. The lowest BCUT2D eigenvalue weighted by atomic mass is 10.2. The largest absolute Gasteiger partial charge is 0.207 e. The first kappa shape index (κ1) is 10.6. The van der Waals surface area contributed by atoms with Crippen LogP contribution in [-0.4, -0.2) is 5.33 Å². The predicted octanol–water partition coefficient (Wildman–Crippen LogP) is 3.62. The fraction of sp³-hybridized carbons (Fsp3) is 0.200. The Balaban J connectivity index is 2.89. The van der Waals surface area contributed by atoms with Crippen LogP contribution in [-0.2, 0) is 0 Å². The van der Waals surface area contributed by atoms with Gasteiger partial charge >= 0.3 is 0 Å². The zero-order valence-corrected chi connectivity index (χ0v) is 9.12. The van der Waals surface area contributed by atoms with Gasteiger partial charge in [-0.25, -0.2) is 4.39 Å². The van der Waals surface area contributed by atoms with Crippen LogP contribution in [0.15, 0.2) is 18.2 Å². The Hall–Kier alpha value is -0.520. The Morgan fingerprint density at radius 2 is 2.23 bits per heavy atom. The highest BCUT2D eigenvalue weighted by Crippen LogP contribution is 2.15. The van der Waals surface area contributed by atoms with Crippen molar-refractivity contribution in [2.45, 2.75) is 6.42 Å². The summed E-state index contributed by atoms with van der Waals surface area (Å²) in [5.74, 6) is 5.36. The molecule has 1 aromatic rings. The molecule has 0 bridgehead atoms. The molecule has 1 rings (SSSR count).